The summed E-state index contributed by atoms with van der Waals surface area (Å²) < 4.78 is 0. The summed E-state index contributed by atoms with van der Waals surface area (Å²) in [5.74, 6) is 0. The maximum atomic E-state index is 9.28. The van der Waals surface area contributed by atoms with Gasteiger partial charge in [-0.05, 0) is 0 Å². The van der Waals surface area contributed by atoms with Crippen LogP contribution in [-0.2, 0) is 0 Å². The van der Waals surface area contributed by atoms with Gasteiger partial charge in [-0.25, -0.2) is 10.2 Å². The summed E-state index contributed by atoms with van der Waals surface area (Å²) in [4.78, 5) is 9.28. The topological polar surface area (TPSA) is 53.1 Å². The van der Waals surface area contributed by atoms with Gasteiger partial charge in [0.1, 0.15) is 0 Å². The Morgan fingerprint density at radius 2 is 2.25 bits per heavy atom. The molecule has 1 fully saturated rings. The zero-order chi connectivity index (χ0) is 2.99. The second kappa shape index (κ2) is 0.201. The van der Waals surface area contributed by atoms with E-state index in [1.807, 2.05) is 0 Å². The summed E-state index contributed by atoms with van der Waals surface area (Å²) in [5, 5.41) is 0. The summed E-state index contributed by atoms with van der Waals surface area (Å²) in [6.07, 6.45) is 0. The van der Waals surface area contributed by atoms with Gasteiger partial charge in [0.2, 0.25) is 0 Å². The van der Waals surface area contributed by atoms with E-state index in [1.165, 1.54) is 0 Å². The molecule has 0 aliphatic carbocycles. The maximum absolute atomic E-state index is 9.28. The standard InChI is InChI=1S/CHN2O/c4-1-2-3-1/h(H,2,4). The molecule has 1 saturated heterocycles. The van der Waals surface area contributed by atoms with Crippen molar-refractivity contribution in [1.29, 1.82) is 0 Å². The molecule has 2 amide bonds. The smallest absolute Gasteiger partial charge is 0.243 e. The first-order valence-electron chi connectivity index (χ1n) is 0.901. The predicted molar refractivity (Wildman–Crippen MR) is 10.7 cm³/mol. The molecule has 4 heavy (non-hydrogen) atoms. The van der Waals surface area contributed by atoms with E-state index in [2.05, 4.69) is 10.9 Å². The monoisotopic (exact) mass is 57.0 g/mol. The van der Waals surface area contributed by atoms with Crippen molar-refractivity contribution >= 4 is 6.03 Å². The minimum absolute atomic E-state index is 0.208. The third kappa shape index (κ3) is 0.0180. The number of amides is 2. The molecule has 1 aliphatic rings. The van der Waals surface area contributed by atoms with Crippen LogP contribution < -0.4 is 10.9 Å². The highest BCUT2D eigenvalue weighted by molar-refractivity contribution is 5.84. The van der Waals surface area contributed by atoms with E-state index in [9.17, 15) is 4.79 Å². The average Bonchev–Trinajstić information content (AvgIpc) is 1.75. The first-order chi connectivity index (χ1) is 1.89. The zero-order valence-corrected chi connectivity index (χ0v) is 1.86. The van der Waals surface area contributed by atoms with E-state index >= 15 is 0 Å². The van der Waals surface area contributed by atoms with E-state index in [4.69, 9.17) is 0 Å². The van der Waals surface area contributed by atoms with Crippen LogP contribution in [-0.4, -0.2) is 6.03 Å². The second-order valence-electron chi connectivity index (χ2n) is 0.529. The van der Waals surface area contributed by atoms with Crippen LogP contribution in [0.5, 0.6) is 0 Å². The number of nitrogens with zero attached hydrogens (tertiary/aromatic N) is 1. The Kier molecular flexibility index (Phi) is 0.0791. The molecule has 1 heterocycles. The number of rotatable bonds is 0. The molecule has 1 radical (unpaired) electrons. The number of hydrogen-bond acceptors (Lipinski definition) is 1. The van der Waals surface area contributed by atoms with E-state index in [0.717, 1.165) is 0 Å². The molecular weight excluding hydrogens is 56.0 g/mol. The Morgan fingerprint density at radius 3 is 2.25 bits per heavy atom. The number of urea groups is 1. The van der Waals surface area contributed by atoms with E-state index in [0.29, 0.717) is 0 Å². The largest absolute Gasteiger partial charge is 0.378 e. The highest BCUT2D eigenvalue weighted by Gasteiger charge is 2.13. The molecule has 0 bridgehead atoms. The van der Waals surface area contributed by atoms with Crippen molar-refractivity contribution in [1.82, 2.24) is 10.9 Å². The molecule has 1 aliphatic heterocycles. The Morgan fingerprint density at radius 1 is 2.00 bits per heavy atom. The van der Waals surface area contributed by atoms with Gasteiger partial charge in [0.05, 0.1) is 0 Å². The third-order valence-corrected chi connectivity index (χ3v) is 0.203. The van der Waals surface area contributed by atoms with Crippen LogP contribution in [0.1, 0.15) is 0 Å². The second-order valence-corrected chi connectivity index (χ2v) is 0.529. The molecule has 0 aromatic rings. The van der Waals surface area contributed by atoms with E-state index in [1.54, 1.807) is 0 Å². The van der Waals surface area contributed by atoms with Crippen molar-refractivity contribution in [3.63, 3.8) is 0 Å². The summed E-state index contributed by atoms with van der Waals surface area (Å²) >= 11 is 0. The molecule has 3 heteroatoms. The molecule has 0 atom stereocenters. The van der Waals surface area contributed by atoms with Gasteiger partial charge in [0.25, 0.3) is 0 Å². The van der Waals surface area contributed by atoms with Gasteiger partial charge in [-0.3, -0.25) is 0 Å². The predicted octanol–water partition coefficient (Wildman–Crippen LogP) is -0.771. The lowest BCUT2D eigenvalue weighted by Crippen LogP contribution is -1.64. The first kappa shape index (κ1) is 1.58. The number of nitrogens with one attached hydrogen (secondary N) is 1. The molecule has 0 aromatic carbocycles. The van der Waals surface area contributed by atoms with Crippen LogP contribution >= 0.6 is 0 Å². The number of carbonyl (C=O) groups excluding carboxylic acids is 1. The van der Waals surface area contributed by atoms with E-state index < -0.39 is 0 Å². The van der Waals surface area contributed by atoms with Gasteiger partial charge in [0.15, 0.2) is 0 Å². The van der Waals surface area contributed by atoms with Crippen LogP contribution in [0, 0.1) is 0 Å². The van der Waals surface area contributed by atoms with E-state index in [-0.39, 0.29) is 6.03 Å². The highest BCUT2D eigenvalue weighted by Crippen LogP contribution is 1.69. The maximum Gasteiger partial charge on any atom is 0.378 e. The summed E-state index contributed by atoms with van der Waals surface area (Å²) in [6.45, 7) is 0. The van der Waals surface area contributed by atoms with Crippen LogP contribution in [0.15, 0.2) is 0 Å². The SMILES string of the molecule is O=C1[N]N1. The molecule has 0 unspecified atom stereocenters. The Bertz CT molecular complexity index is 44.0. The van der Waals surface area contributed by atoms with Gasteiger partial charge in [-0.15, -0.1) is 5.43 Å². The molecule has 1 rings (SSSR count). The molecule has 3 nitrogen and oxygen atoms in total. The average molecular weight is 57.0 g/mol. The lowest BCUT2D eigenvalue weighted by molar-refractivity contribution is 0.266. The van der Waals surface area contributed by atoms with Crippen LogP contribution in [0.4, 0.5) is 4.79 Å². The fraction of sp³-hybridized carbons (Fsp3) is 0. The molecule has 21 valence electrons. The normalized spacial score (nSPS) is 17.5. The van der Waals surface area contributed by atoms with Crippen LogP contribution in [0.2, 0.25) is 0 Å². The number of carbonyl (C=O) groups is 1. The fourth-order valence-corrected chi connectivity index (χ4v) is 0.0228. The van der Waals surface area contributed by atoms with Crippen molar-refractivity contribution in [2.24, 2.45) is 0 Å². The Hall–Kier alpha value is -0.730. The van der Waals surface area contributed by atoms with Gasteiger partial charge in [-0.2, -0.15) is 0 Å². The molecular formula is CHN2O. The van der Waals surface area contributed by atoms with Gasteiger partial charge >= 0.3 is 6.03 Å². The van der Waals surface area contributed by atoms with Crippen molar-refractivity contribution in [3.05, 3.63) is 0 Å². The minimum atomic E-state index is -0.208. The van der Waals surface area contributed by atoms with Crippen molar-refractivity contribution in [2.75, 3.05) is 0 Å². The quantitative estimate of drug-likeness (QED) is 0.364. The van der Waals surface area contributed by atoms with Crippen LogP contribution in [0.3, 0.4) is 0 Å². The highest BCUT2D eigenvalue weighted by atomic mass is 16.2. The van der Waals surface area contributed by atoms with Gasteiger partial charge in [0, 0.05) is 0 Å². The van der Waals surface area contributed by atoms with Gasteiger partial charge < -0.3 is 0 Å². The van der Waals surface area contributed by atoms with Crippen molar-refractivity contribution < 1.29 is 4.79 Å². The Balaban J connectivity index is 2.60. The molecule has 1 N–H and O–H groups in total. The minimum Gasteiger partial charge on any atom is -0.243 e. The van der Waals surface area contributed by atoms with Crippen molar-refractivity contribution in [2.45, 2.75) is 0 Å². The number of hydrogen-bond donors (Lipinski definition) is 1. The van der Waals surface area contributed by atoms with Crippen LogP contribution in [0.25, 0.3) is 0 Å². The zero-order valence-electron chi connectivity index (χ0n) is 1.86. The summed E-state index contributed by atoms with van der Waals surface area (Å²) in [7, 11) is 0. The van der Waals surface area contributed by atoms with Gasteiger partial charge in [-0.1, -0.05) is 0 Å². The molecule has 0 spiro atoms. The third-order valence-electron chi connectivity index (χ3n) is 0.203. The lowest BCUT2D eigenvalue weighted by atomic mass is 11.4. The molecule has 0 saturated carbocycles. The summed E-state index contributed by atoms with van der Waals surface area (Å²) in [5.41, 5.74) is 5.10. The molecule has 0 aromatic heterocycles. The first-order valence-corrected chi connectivity index (χ1v) is 0.901. The summed E-state index contributed by atoms with van der Waals surface area (Å²) in [6, 6.07) is -0.208. The fourth-order valence-electron chi connectivity index (χ4n) is 0.0228. The lowest BCUT2D eigenvalue weighted by Gasteiger charge is -1.19. The van der Waals surface area contributed by atoms with Crippen molar-refractivity contribution in [3.8, 4) is 0 Å². The Labute approximate surface area is 23.0 Å².